The Labute approximate surface area is 125 Å². The smallest absolute Gasteiger partial charge is 0.252 e. The van der Waals surface area contributed by atoms with Crippen molar-refractivity contribution in [1.29, 1.82) is 0 Å². The van der Waals surface area contributed by atoms with Crippen molar-refractivity contribution in [2.75, 3.05) is 6.54 Å². The second-order valence-corrected chi connectivity index (χ2v) is 5.85. The minimum absolute atomic E-state index is 0.108. The Balaban J connectivity index is 1.69. The van der Waals surface area contributed by atoms with Crippen molar-refractivity contribution in [3.63, 3.8) is 0 Å². The summed E-state index contributed by atoms with van der Waals surface area (Å²) in [5, 5.41) is 15.0. The number of aliphatic hydroxyl groups excluding tert-OH is 1. The SMILES string of the molecule is O=C(NCC(O)C1CCCC1)c1cccc2ccccc12. The summed E-state index contributed by atoms with van der Waals surface area (Å²) < 4.78 is 0. The number of carbonyl (C=O) groups is 1. The van der Waals surface area contributed by atoms with Crippen molar-refractivity contribution in [2.24, 2.45) is 5.92 Å². The molecule has 1 unspecified atom stereocenters. The third-order valence-corrected chi connectivity index (χ3v) is 4.45. The van der Waals surface area contributed by atoms with Gasteiger partial charge in [0, 0.05) is 12.1 Å². The molecular formula is C18H21NO2. The van der Waals surface area contributed by atoms with E-state index in [9.17, 15) is 9.90 Å². The number of carbonyl (C=O) groups excluding carboxylic acids is 1. The molecule has 0 spiro atoms. The Bertz CT molecular complexity index is 627. The van der Waals surface area contributed by atoms with E-state index in [-0.39, 0.29) is 5.91 Å². The standard InChI is InChI=1S/C18H21NO2/c20-17(14-7-1-2-8-14)12-19-18(21)16-11-5-9-13-6-3-4-10-15(13)16/h3-6,9-11,14,17,20H,1-2,7-8,12H2,(H,19,21). The third kappa shape index (κ3) is 3.08. The van der Waals surface area contributed by atoms with Crippen LogP contribution < -0.4 is 5.32 Å². The topological polar surface area (TPSA) is 49.3 Å². The van der Waals surface area contributed by atoms with Gasteiger partial charge in [-0.3, -0.25) is 4.79 Å². The van der Waals surface area contributed by atoms with Gasteiger partial charge in [-0.1, -0.05) is 49.2 Å². The second-order valence-electron chi connectivity index (χ2n) is 5.85. The molecule has 1 aliphatic carbocycles. The Morgan fingerprint density at radius 1 is 1.14 bits per heavy atom. The molecule has 1 fully saturated rings. The van der Waals surface area contributed by atoms with Crippen LogP contribution in [0.2, 0.25) is 0 Å². The predicted octanol–water partition coefficient (Wildman–Crippen LogP) is 3.12. The molecule has 2 aromatic carbocycles. The van der Waals surface area contributed by atoms with Gasteiger partial charge in [0.15, 0.2) is 0 Å². The van der Waals surface area contributed by atoms with Crippen molar-refractivity contribution in [2.45, 2.75) is 31.8 Å². The maximum Gasteiger partial charge on any atom is 0.252 e. The molecular weight excluding hydrogens is 262 g/mol. The maximum atomic E-state index is 12.4. The van der Waals surface area contributed by atoms with Gasteiger partial charge < -0.3 is 10.4 Å². The molecule has 0 saturated heterocycles. The van der Waals surface area contributed by atoms with E-state index in [1.165, 1.54) is 12.8 Å². The summed E-state index contributed by atoms with van der Waals surface area (Å²) in [5.41, 5.74) is 0.673. The molecule has 2 N–H and O–H groups in total. The fraction of sp³-hybridized carbons (Fsp3) is 0.389. The highest BCUT2D eigenvalue weighted by molar-refractivity contribution is 6.06. The first-order valence-corrected chi connectivity index (χ1v) is 7.70. The lowest BCUT2D eigenvalue weighted by Gasteiger charge is -2.18. The predicted molar refractivity (Wildman–Crippen MR) is 84.2 cm³/mol. The molecule has 1 saturated carbocycles. The van der Waals surface area contributed by atoms with Crippen LogP contribution >= 0.6 is 0 Å². The lowest BCUT2D eigenvalue weighted by atomic mass is 10.0. The maximum absolute atomic E-state index is 12.4. The van der Waals surface area contributed by atoms with Crippen molar-refractivity contribution in [3.8, 4) is 0 Å². The number of fused-ring (bicyclic) bond motifs is 1. The summed E-state index contributed by atoms with van der Waals surface area (Å²) in [6.45, 7) is 0.340. The normalized spacial score (nSPS) is 17.0. The molecule has 1 aliphatic rings. The lowest BCUT2D eigenvalue weighted by molar-refractivity contribution is 0.0842. The number of aliphatic hydroxyl groups is 1. The van der Waals surface area contributed by atoms with Crippen LogP contribution in [0.4, 0.5) is 0 Å². The first-order valence-electron chi connectivity index (χ1n) is 7.70. The van der Waals surface area contributed by atoms with E-state index in [0.717, 1.165) is 23.6 Å². The van der Waals surface area contributed by atoms with Crippen LogP contribution in [0.15, 0.2) is 42.5 Å². The van der Waals surface area contributed by atoms with Crippen LogP contribution in [0.1, 0.15) is 36.0 Å². The highest BCUT2D eigenvalue weighted by atomic mass is 16.3. The van der Waals surface area contributed by atoms with Gasteiger partial charge in [-0.15, -0.1) is 0 Å². The number of nitrogens with one attached hydrogen (secondary N) is 1. The van der Waals surface area contributed by atoms with Gasteiger partial charge in [-0.25, -0.2) is 0 Å². The monoisotopic (exact) mass is 283 g/mol. The van der Waals surface area contributed by atoms with Crippen molar-refractivity contribution in [1.82, 2.24) is 5.32 Å². The number of benzene rings is 2. The molecule has 0 radical (unpaired) electrons. The van der Waals surface area contributed by atoms with Crippen LogP contribution in [-0.4, -0.2) is 23.7 Å². The fourth-order valence-electron chi connectivity index (χ4n) is 3.22. The van der Waals surface area contributed by atoms with Gasteiger partial charge in [-0.2, -0.15) is 0 Å². The van der Waals surface area contributed by atoms with E-state index in [0.29, 0.717) is 18.0 Å². The van der Waals surface area contributed by atoms with Gasteiger partial charge in [0.1, 0.15) is 0 Å². The molecule has 2 aromatic rings. The van der Waals surface area contributed by atoms with Gasteiger partial charge in [0.05, 0.1) is 6.10 Å². The van der Waals surface area contributed by atoms with Crippen molar-refractivity contribution < 1.29 is 9.90 Å². The fourth-order valence-corrected chi connectivity index (χ4v) is 3.22. The minimum atomic E-state index is -0.425. The summed E-state index contributed by atoms with van der Waals surface area (Å²) >= 11 is 0. The molecule has 0 heterocycles. The Hall–Kier alpha value is -1.87. The number of rotatable bonds is 4. The molecule has 3 heteroatoms. The van der Waals surface area contributed by atoms with Crippen LogP contribution in [-0.2, 0) is 0 Å². The largest absolute Gasteiger partial charge is 0.391 e. The van der Waals surface area contributed by atoms with Gasteiger partial charge in [0.25, 0.3) is 5.91 Å². The first-order chi connectivity index (χ1) is 10.3. The summed E-state index contributed by atoms with van der Waals surface area (Å²) in [6.07, 6.45) is 4.11. The highest BCUT2D eigenvalue weighted by Gasteiger charge is 2.23. The zero-order chi connectivity index (χ0) is 14.7. The molecule has 110 valence electrons. The minimum Gasteiger partial charge on any atom is -0.391 e. The molecule has 21 heavy (non-hydrogen) atoms. The quantitative estimate of drug-likeness (QED) is 0.905. The zero-order valence-electron chi connectivity index (χ0n) is 12.1. The first kappa shape index (κ1) is 14.1. The summed E-state index contributed by atoms with van der Waals surface area (Å²) in [7, 11) is 0. The van der Waals surface area contributed by atoms with Crippen LogP contribution in [0, 0.1) is 5.92 Å². The summed E-state index contributed by atoms with van der Waals surface area (Å²) in [4.78, 5) is 12.4. The van der Waals surface area contributed by atoms with Gasteiger partial charge in [-0.05, 0) is 35.6 Å². The number of hydrogen-bond donors (Lipinski definition) is 2. The Morgan fingerprint density at radius 2 is 1.86 bits per heavy atom. The van der Waals surface area contributed by atoms with Crippen LogP contribution in [0.5, 0.6) is 0 Å². The summed E-state index contributed by atoms with van der Waals surface area (Å²) in [6, 6.07) is 13.6. The zero-order valence-corrected chi connectivity index (χ0v) is 12.1. The highest BCUT2D eigenvalue weighted by Crippen LogP contribution is 2.27. The van der Waals surface area contributed by atoms with E-state index >= 15 is 0 Å². The van der Waals surface area contributed by atoms with Crippen LogP contribution in [0.25, 0.3) is 10.8 Å². The van der Waals surface area contributed by atoms with E-state index in [2.05, 4.69) is 5.32 Å². The molecule has 0 aliphatic heterocycles. The van der Waals surface area contributed by atoms with Crippen molar-refractivity contribution in [3.05, 3.63) is 48.0 Å². The average Bonchev–Trinajstić information content (AvgIpc) is 3.06. The molecule has 3 rings (SSSR count). The second kappa shape index (κ2) is 6.27. The van der Waals surface area contributed by atoms with E-state index in [1.54, 1.807) is 0 Å². The van der Waals surface area contributed by atoms with Crippen LogP contribution in [0.3, 0.4) is 0 Å². The molecule has 1 atom stereocenters. The van der Waals surface area contributed by atoms with Gasteiger partial charge >= 0.3 is 0 Å². The number of hydrogen-bond acceptors (Lipinski definition) is 2. The van der Waals surface area contributed by atoms with E-state index in [4.69, 9.17) is 0 Å². The van der Waals surface area contributed by atoms with Crippen molar-refractivity contribution >= 4 is 16.7 Å². The van der Waals surface area contributed by atoms with E-state index in [1.807, 2.05) is 42.5 Å². The lowest BCUT2D eigenvalue weighted by Crippen LogP contribution is -2.35. The number of amides is 1. The molecule has 0 aromatic heterocycles. The van der Waals surface area contributed by atoms with Gasteiger partial charge in [0.2, 0.25) is 0 Å². The molecule has 1 amide bonds. The summed E-state index contributed by atoms with van der Waals surface area (Å²) in [5.74, 6) is 0.238. The Morgan fingerprint density at radius 3 is 2.67 bits per heavy atom. The third-order valence-electron chi connectivity index (χ3n) is 4.45. The molecule has 0 bridgehead atoms. The van der Waals surface area contributed by atoms with E-state index < -0.39 is 6.10 Å². The average molecular weight is 283 g/mol. The Kier molecular flexibility index (Phi) is 4.20. The molecule has 3 nitrogen and oxygen atoms in total.